The van der Waals surface area contributed by atoms with E-state index in [4.69, 9.17) is 0 Å². The Morgan fingerprint density at radius 3 is 2.40 bits per heavy atom. The first-order valence-electron chi connectivity index (χ1n) is 7.40. The van der Waals surface area contributed by atoms with E-state index in [0.717, 1.165) is 3.97 Å². The molecule has 0 bridgehead atoms. The quantitative estimate of drug-likeness (QED) is 0.672. The largest absolute Gasteiger partial charge is 0.469 e. The van der Waals surface area contributed by atoms with Crippen LogP contribution in [0, 0.1) is 11.3 Å². The second-order valence-electron chi connectivity index (χ2n) is 5.29. The molecular weight excluding hydrogens is 340 g/mol. The molecule has 3 rings (SSSR count). The van der Waals surface area contributed by atoms with E-state index >= 15 is 0 Å². The zero-order valence-corrected chi connectivity index (χ0v) is 14.2. The normalized spacial score (nSPS) is 11.2. The summed E-state index contributed by atoms with van der Waals surface area (Å²) in [7, 11) is -2.77. The van der Waals surface area contributed by atoms with Crippen LogP contribution >= 0.6 is 0 Å². The van der Waals surface area contributed by atoms with Gasteiger partial charge in [0.2, 0.25) is 0 Å². The Hall–Kier alpha value is -3.11. The zero-order chi connectivity index (χ0) is 18.0. The predicted octanol–water partition coefficient (Wildman–Crippen LogP) is 2.47. The Morgan fingerprint density at radius 1 is 1.12 bits per heavy atom. The number of aromatic nitrogens is 1. The van der Waals surface area contributed by atoms with Gasteiger partial charge in [-0.1, -0.05) is 36.4 Å². The molecule has 0 aliphatic carbocycles. The summed E-state index contributed by atoms with van der Waals surface area (Å²) in [6.07, 6.45) is -0.319. The van der Waals surface area contributed by atoms with Crippen LogP contribution in [-0.2, 0) is 26.0 Å². The molecule has 0 fully saturated rings. The molecule has 1 aromatic heterocycles. The Balaban J connectivity index is 2.39. The van der Waals surface area contributed by atoms with Crippen LogP contribution < -0.4 is 0 Å². The topological polar surface area (TPSA) is 89.2 Å². The third kappa shape index (κ3) is 2.77. The summed E-state index contributed by atoms with van der Waals surface area (Å²) in [6, 6.07) is 16.6. The zero-order valence-electron chi connectivity index (χ0n) is 13.3. The molecule has 2 aromatic carbocycles. The molecule has 0 aliphatic heterocycles. The molecule has 0 N–H and O–H groups in total. The van der Waals surface area contributed by atoms with Crippen LogP contribution in [0.25, 0.3) is 10.9 Å². The number of hydrogen-bond donors (Lipinski definition) is 0. The molecule has 0 radical (unpaired) electrons. The molecule has 0 atom stereocenters. The smallest absolute Gasteiger partial charge is 0.311 e. The summed E-state index contributed by atoms with van der Waals surface area (Å²) in [6.45, 7) is 0. The van der Waals surface area contributed by atoms with Crippen LogP contribution in [0.3, 0.4) is 0 Å². The SMILES string of the molecule is COC(=O)Cc1c(C#N)c2ccccc2n1S(=O)(=O)c1ccccc1. The Kier molecular flexibility index (Phi) is 4.30. The van der Waals surface area contributed by atoms with Gasteiger partial charge in [0, 0.05) is 5.39 Å². The van der Waals surface area contributed by atoms with Gasteiger partial charge in [0.25, 0.3) is 10.0 Å². The van der Waals surface area contributed by atoms with Crippen molar-refractivity contribution in [2.75, 3.05) is 7.11 Å². The minimum atomic E-state index is -3.98. The van der Waals surface area contributed by atoms with Gasteiger partial charge in [0.05, 0.1) is 35.2 Å². The van der Waals surface area contributed by atoms with Crippen molar-refractivity contribution in [2.24, 2.45) is 0 Å². The third-order valence-corrected chi connectivity index (χ3v) is 5.62. The standard InChI is InChI=1S/C18H14N2O4S/c1-24-18(21)11-17-15(12-19)14-9-5-6-10-16(14)20(17)25(22,23)13-7-3-2-4-8-13/h2-10H,11H2,1H3. The lowest BCUT2D eigenvalue weighted by Crippen LogP contribution is -2.18. The summed E-state index contributed by atoms with van der Waals surface area (Å²) < 4.78 is 32.1. The van der Waals surface area contributed by atoms with Crippen molar-refractivity contribution < 1.29 is 17.9 Å². The van der Waals surface area contributed by atoms with E-state index in [9.17, 15) is 18.5 Å². The number of nitriles is 1. The summed E-state index contributed by atoms with van der Waals surface area (Å²) in [5, 5.41) is 10.0. The van der Waals surface area contributed by atoms with E-state index in [1.165, 1.54) is 19.2 Å². The van der Waals surface area contributed by atoms with Crippen LogP contribution in [0.2, 0.25) is 0 Å². The van der Waals surface area contributed by atoms with Crippen molar-refractivity contribution in [3.8, 4) is 6.07 Å². The van der Waals surface area contributed by atoms with Crippen molar-refractivity contribution in [2.45, 2.75) is 11.3 Å². The van der Waals surface area contributed by atoms with Gasteiger partial charge >= 0.3 is 5.97 Å². The molecule has 0 amide bonds. The molecule has 3 aromatic rings. The third-order valence-electron chi connectivity index (χ3n) is 3.86. The highest BCUT2D eigenvalue weighted by Gasteiger charge is 2.28. The molecule has 25 heavy (non-hydrogen) atoms. The van der Waals surface area contributed by atoms with Crippen LogP contribution in [0.5, 0.6) is 0 Å². The fourth-order valence-corrected chi connectivity index (χ4v) is 4.31. The number of methoxy groups -OCH3 is 1. The molecule has 0 spiro atoms. The lowest BCUT2D eigenvalue weighted by molar-refractivity contribution is -0.139. The molecule has 0 saturated heterocycles. The Morgan fingerprint density at radius 2 is 1.76 bits per heavy atom. The molecular formula is C18H14N2O4S. The molecule has 7 heteroatoms. The lowest BCUT2D eigenvalue weighted by atomic mass is 10.1. The monoisotopic (exact) mass is 354 g/mol. The average molecular weight is 354 g/mol. The maximum atomic E-state index is 13.2. The Bertz CT molecular complexity index is 1090. The number of hydrogen-bond acceptors (Lipinski definition) is 5. The molecule has 126 valence electrons. The second-order valence-corrected chi connectivity index (χ2v) is 7.07. The second kappa shape index (κ2) is 6.42. The molecule has 0 unspecified atom stereocenters. The van der Waals surface area contributed by atoms with Gasteiger partial charge in [0.1, 0.15) is 6.07 Å². The first kappa shape index (κ1) is 16.7. The van der Waals surface area contributed by atoms with Crippen molar-refractivity contribution in [1.82, 2.24) is 3.97 Å². The first-order chi connectivity index (χ1) is 12.0. The van der Waals surface area contributed by atoms with Gasteiger partial charge in [-0.25, -0.2) is 12.4 Å². The van der Waals surface area contributed by atoms with Crippen molar-refractivity contribution >= 4 is 26.9 Å². The van der Waals surface area contributed by atoms with Crippen LogP contribution in [0.1, 0.15) is 11.3 Å². The van der Waals surface area contributed by atoms with Gasteiger partial charge in [-0.3, -0.25) is 4.79 Å². The lowest BCUT2D eigenvalue weighted by Gasteiger charge is -2.11. The highest BCUT2D eigenvalue weighted by atomic mass is 32.2. The fraction of sp³-hybridized carbons (Fsp3) is 0.111. The van der Waals surface area contributed by atoms with Crippen LogP contribution in [-0.4, -0.2) is 25.5 Å². The van der Waals surface area contributed by atoms with Crippen LogP contribution in [0.4, 0.5) is 0 Å². The van der Waals surface area contributed by atoms with E-state index in [-0.39, 0.29) is 22.6 Å². The molecule has 0 aliphatic rings. The number of nitrogens with zero attached hydrogens (tertiary/aromatic N) is 2. The van der Waals surface area contributed by atoms with Crippen molar-refractivity contribution in [3.05, 3.63) is 65.9 Å². The van der Waals surface area contributed by atoms with Crippen molar-refractivity contribution in [1.29, 1.82) is 5.26 Å². The molecule has 0 saturated carbocycles. The summed E-state index contributed by atoms with van der Waals surface area (Å²) in [5.41, 5.74) is 0.599. The highest BCUT2D eigenvalue weighted by molar-refractivity contribution is 7.90. The predicted molar refractivity (Wildman–Crippen MR) is 91.4 cm³/mol. The highest BCUT2D eigenvalue weighted by Crippen LogP contribution is 2.30. The summed E-state index contributed by atoms with van der Waals surface area (Å²) in [4.78, 5) is 11.9. The minimum Gasteiger partial charge on any atom is -0.469 e. The number of fused-ring (bicyclic) bond motifs is 1. The summed E-state index contributed by atoms with van der Waals surface area (Å²) in [5.74, 6) is -0.621. The maximum absolute atomic E-state index is 13.2. The van der Waals surface area contributed by atoms with Gasteiger partial charge in [-0.2, -0.15) is 5.26 Å². The van der Waals surface area contributed by atoms with E-state index in [0.29, 0.717) is 10.9 Å². The van der Waals surface area contributed by atoms with E-state index in [1.54, 1.807) is 42.5 Å². The average Bonchev–Trinajstić information content (AvgIpc) is 2.95. The number of esters is 1. The molecule has 6 nitrogen and oxygen atoms in total. The van der Waals surface area contributed by atoms with Gasteiger partial charge in [-0.15, -0.1) is 0 Å². The maximum Gasteiger partial charge on any atom is 0.311 e. The van der Waals surface area contributed by atoms with Crippen LogP contribution in [0.15, 0.2) is 59.5 Å². The number of carbonyl (C=O) groups excluding carboxylic acids is 1. The van der Waals surface area contributed by atoms with Gasteiger partial charge in [0.15, 0.2) is 0 Å². The number of para-hydroxylation sites is 1. The number of carbonyl (C=O) groups is 1. The van der Waals surface area contributed by atoms with E-state index in [2.05, 4.69) is 4.74 Å². The molecule has 1 heterocycles. The van der Waals surface area contributed by atoms with E-state index < -0.39 is 16.0 Å². The number of benzene rings is 2. The summed E-state index contributed by atoms with van der Waals surface area (Å²) >= 11 is 0. The van der Waals surface area contributed by atoms with E-state index in [1.807, 2.05) is 6.07 Å². The van der Waals surface area contributed by atoms with Gasteiger partial charge < -0.3 is 4.74 Å². The van der Waals surface area contributed by atoms with Crippen molar-refractivity contribution in [3.63, 3.8) is 0 Å². The minimum absolute atomic E-state index is 0.0753. The number of ether oxygens (including phenoxy) is 1. The fourth-order valence-electron chi connectivity index (χ4n) is 2.73. The Labute approximate surface area is 144 Å². The first-order valence-corrected chi connectivity index (χ1v) is 8.84. The number of rotatable bonds is 4. The van der Waals surface area contributed by atoms with Gasteiger partial charge in [-0.05, 0) is 18.2 Å².